The minimum Gasteiger partial charge on any atom is -0.322 e. The summed E-state index contributed by atoms with van der Waals surface area (Å²) in [6, 6.07) is 4.64. The van der Waals surface area contributed by atoms with Crippen molar-refractivity contribution >= 4 is 21.6 Å². The normalized spacial score (nSPS) is 22.1. The Bertz CT molecular complexity index is 534. The monoisotopic (exact) mass is 251 g/mol. The van der Waals surface area contributed by atoms with Gasteiger partial charge in [-0.05, 0) is 43.6 Å². The van der Waals surface area contributed by atoms with Crippen LogP contribution in [0.1, 0.15) is 17.5 Å². The van der Waals surface area contributed by atoms with E-state index in [1.54, 1.807) is 6.07 Å². The molecule has 1 aromatic carbocycles. The number of fused-ring (bicyclic) bond motifs is 1. The number of hydrogen-bond donors (Lipinski definition) is 2. The van der Waals surface area contributed by atoms with Crippen LogP contribution >= 0.6 is 11.3 Å². The van der Waals surface area contributed by atoms with Crippen LogP contribution in [0, 0.1) is 11.7 Å². The van der Waals surface area contributed by atoms with Crippen LogP contribution in [0.4, 0.5) is 4.39 Å². The first kappa shape index (κ1) is 11.1. The first-order valence-electron chi connectivity index (χ1n) is 5.76. The maximum absolute atomic E-state index is 13.1. The van der Waals surface area contributed by atoms with Crippen molar-refractivity contribution in [2.24, 2.45) is 11.7 Å². The van der Waals surface area contributed by atoms with E-state index in [9.17, 15) is 4.39 Å². The van der Waals surface area contributed by atoms with E-state index >= 15 is 0 Å². The lowest BCUT2D eigenvalue weighted by Gasteiger charge is -2.14. The Hall–Kier alpha value is -1.04. The molecule has 0 spiro atoms. The van der Waals surface area contributed by atoms with Gasteiger partial charge in [-0.15, -0.1) is 11.3 Å². The van der Waals surface area contributed by atoms with E-state index in [0.717, 1.165) is 34.7 Å². The zero-order chi connectivity index (χ0) is 11.8. The van der Waals surface area contributed by atoms with Gasteiger partial charge in [0.05, 0.1) is 16.3 Å². The topological polar surface area (TPSA) is 50.9 Å². The minimum atomic E-state index is -0.219. The van der Waals surface area contributed by atoms with Gasteiger partial charge in [0, 0.05) is 0 Å². The first-order valence-corrected chi connectivity index (χ1v) is 6.58. The molecule has 0 bridgehead atoms. The number of rotatable bonds is 2. The smallest absolute Gasteiger partial charge is 0.124 e. The minimum absolute atomic E-state index is 0.0366. The molecule has 1 aliphatic heterocycles. The fraction of sp³-hybridized carbons (Fsp3) is 0.417. The first-order chi connectivity index (χ1) is 8.24. The highest BCUT2D eigenvalue weighted by molar-refractivity contribution is 7.18. The highest BCUT2D eigenvalue weighted by Gasteiger charge is 2.25. The molecule has 3 rings (SSSR count). The second kappa shape index (κ2) is 4.33. The molecule has 2 atom stereocenters. The summed E-state index contributed by atoms with van der Waals surface area (Å²) >= 11 is 1.50. The maximum atomic E-state index is 13.1. The second-order valence-electron chi connectivity index (χ2n) is 4.44. The van der Waals surface area contributed by atoms with Crippen LogP contribution in [0.15, 0.2) is 18.2 Å². The van der Waals surface area contributed by atoms with Gasteiger partial charge in [0.2, 0.25) is 0 Å². The number of benzene rings is 1. The van der Waals surface area contributed by atoms with E-state index in [2.05, 4.69) is 10.3 Å². The van der Waals surface area contributed by atoms with Crippen LogP contribution in [-0.4, -0.2) is 18.1 Å². The van der Waals surface area contributed by atoms with Crippen LogP contribution < -0.4 is 11.1 Å². The van der Waals surface area contributed by atoms with E-state index in [1.165, 1.54) is 23.5 Å². The SMILES string of the molecule is NC(c1nc2ccc(F)cc2s1)[C@@H]1CCNC1. The largest absolute Gasteiger partial charge is 0.322 e. The molecule has 0 radical (unpaired) electrons. The quantitative estimate of drug-likeness (QED) is 0.859. The Kier molecular flexibility index (Phi) is 2.82. The van der Waals surface area contributed by atoms with Gasteiger partial charge in [-0.1, -0.05) is 0 Å². The summed E-state index contributed by atoms with van der Waals surface area (Å²) < 4.78 is 14.0. The number of nitrogens with two attached hydrogens (primary N) is 1. The van der Waals surface area contributed by atoms with Crippen molar-refractivity contribution in [3.63, 3.8) is 0 Å². The Morgan fingerprint density at radius 2 is 2.41 bits per heavy atom. The highest BCUT2D eigenvalue weighted by atomic mass is 32.1. The molecule has 2 heterocycles. The second-order valence-corrected chi connectivity index (χ2v) is 5.51. The van der Waals surface area contributed by atoms with Gasteiger partial charge >= 0.3 is 0 Å². The lowest BCUT2D eigenvalue weighted by atomic mass is 10.0. The molecule has 2 aromatic rings. The van der Waals surface area contributed by atoms with Crippen LogP contribution in [-0.2, 0) is 0 Å². The molecule has 0 aliphatic carbocycles. The number of hydrogen-bond acceptors (Lipinski definition) is 4. The fourth-order valence-electron chi connectivity index (χ4n) is 2.24. The highest BCUT2D eigenvalue weighted by Crippen LogP contribution is 2.31. The third kappa shape index (κ3) is 2.06. The van der Waals surface area contributed by atoms with E-state index < -0.39 is 0 Å². The molecular weight excluding hydrogens is 237 g/mol. The molecule has 0 amide bonds. The van der Waals surface area contributed by atoms with Gasteiger partial charge in [0.15, 0.2) is 0 Å². The summed E-state index contributed by atoms with van der Waals surface area (Å²) in [6.45, 7) is 1.98. The van der Waals surface area contributed by atoms with Crippen LogP contribution in [0.5, 0.6) is 0 Å². The molecule has 90 valence electrons. The number of nitrogens with zero attached hydrogens (tertiary/aromatic N) is 1. The summed E-state index contributed by atoms with van der Waals surface area (Å²) in [5.41, 5.74) is 7.06. The molecule has 3 nitrogen and oxygen atoms in total. The van der Waals surface area contributed by atoms with Crippen molar-refractivity contribution < 1.29 is 4.39 Å². The Morgan fingerprint density at radius 3 is 3.18 bits per heavy atom. The maximum Gasteiger partial charge on any atom is 0.124 e. The third-order valence-corrected chi connectivity index (χ3v) is 4.38. The summed E-state index contributed by atoms with van der Waals surface area (Å²) in [4.78, 5) is 4.50. The number of nitrogens with one attached hydrogen (secondary N) is 1. The average molecular weight is 251 g/mol. The summed E-state index contributed by atoms with van der Waals surface area (Å²) in [5.74, 6) is 0.226. The van der Waals surface area contributed by atoms with Gasteiger partial charge in [-0.2, -0.15) is 0 Å². The number of halogens is 1. The van der Waals surface area contributed by atoms with Crippen molar-refractivity contribution in [1.82, 2.24) is 10.3 Å². The summed E-state index contributed by atoms with van der Waals surface area (Å²) in [7, 11) is 0. The van der Waals surface area contributed by atoms with Gasteiger partial charge in [0.1, 0.15) is 10.8 Å². The molecule has 17 heavy (non-hydrogen) atoms. The molecule has 1 fully saturated rings. The van der Waals surface area contributed by atoms with E-state index in [4.69, 9.17) is 5.73 Å². The van der Waals surface area contributed by atoms with Crippen LogP contribution in [0.3, 0.4) is 0 Å². The Balaban J connectivity index is 1.94. The summed E-state index contributed by atoms with van der Waals surface area (Å²) in [6.07, 6.45) is 1.09. The van der Waals surface area contributed by atoms with Crippen molar-refractivity contribution in [3.8, 4) is 0 Å². The molecular formula is C12H14FN3S. The van der Waals surface area contributed by atoms with Crippen molar-refractivity contribution in [2.45, 2.75) is 12.5 Å². The predicted molar refractivity (Wildman–Crippen MR) is 67.5 cm³/mol. The molecule has 1 unspecified atom stereocenters. The van der Waals surface area contributed by atoms with Crippen LogP contribution in [0.2, 0.25) is 0 Å². The molecule has 1 aromatic heterocycles. The van der Waals surface area contributed by atoms with Crippen molar-refractivity contribution in [1.29, 1.82) is 0 Å². The number of thiazole rings is 1. The number of aromatic nitrogens is 1. The molecule has 1 saturated heterocycles. The van der Waals surface area contributed by atoms with Crippen molar-refractivity contribution in [3.05, 3.63) is 29.0 Å². The standard InChI is InChI=1S/C12H14FN3S/c13-8-1-2-9-10(5-8)17-12(16-9)11(14)7-3-4-15-6-7/h1-2,5,7,11,15H,3-4,6,14H2/t7-,11?/m1/s1. The molecule has 1 aliphatic rings. The van der Waals surface area contributed by atoms with Gasteiger partial charge in [0.25, 0.3) is 0 Å². The fourth-order valence-corrected chi connectivity index (χ4v) is 3.33. The summed E-state index contributed by atoms with van der Waals surface area (Å²) in [5, 5.41) is 4.22. The van der Waals surface area contributed by atoms with Crippen LogP contribution in [0.25, 0.3) is 10.2 Å². The predicted octanol–water partition coefficient (Wildman–Crippen LogP) is 2.04. The third-order valence-electron chi connectivity index (χ3n) is 3.26. The Labute approximate surface area is 103 Å². The zero-order valence-corrected chi connectivity index (χ0v) is 10.1. The van der Waals surface area contributed by atoms with Gasteiger partial charge in [-0.3, -0.25) is 0 Å². The van der Waals surface area contributed by atoms with Gasteiger partial charge < -0.3 is 11.1 Å². The Morgan fingerprint density at radius 1 is 1.53 bits per heavy atom. The van der Waals surface area contributed by atoms with E-state index in [-0.39, 0.29) is 11.9 Å². The van der Waals surface area contributed by atoms with Gasteiger partial charge in [-0.25, -0.2) is 9.37 Å². The zero-order valence-electron chi connectivity index (χ0n) is 9.32. The lowest BCUT2D eigenvalue weighted by Crippen LogP contribution is -2.23. The average Bonchev–Trinajstić information content (AvgIpc) is 2.96. The van der Waals surface area contributed by atoms with E-state index in [0.29, 0.717) is 5.92 Å². The lowest BCUT2D eigenvalue weighted by molar-refractivity contribution is 0.469. The molecule has 5 heteroatoms. The molecule has 0 saturated carbocycles. The molecule has 3 N–H and O–H groups in total. The van der Waals surface area contributed by atoms with Crippen molar-refractivity contribution in [2.75, 3.05) is 13.1 Å². The van der Waals surface area contributed by atoms with E-state index in [1.807, 2.05) is 0 Å².